The minimum absolute atomic E-state index is 0.113. The number of halogens is 2. The molecule has 0 atom stereocenters. The van der Waals surface area contributed by atoms with E-state index in [4.69, 9.17) is 9.72 Å². The average Bonchev–Trinajstić information content (AvgIpc) is 3.20. The van der Waals surface area contributed by atoms with Gasteiger partial charge in [0.1, 0.15) is 5.82 Å². The largest absolute Gasteiger partial charge is 0.381 e. The van der Waals surface area contributed by atoms with Crippen LogP contribution in [0.25, 0.3) is 11.1 Å². The highest BCUT2D eigenvalue weighted by Crippen LogP contribution is 2.54. The highest BCUT2D eigenvalue weighted by atomic mass is 19.3. The van der Waals surface area contributed by atoms with E-state index in [9.17, 15) is 13.6 Å². The Morgan fingerprint density at radius 3 is 2.80 bits per heavy atom. The molecule has 3 aromatic rings. The minimum Gasteiger partial charge on any atom is -0.381 e. The summed E-state index contributed by atoms with van der Waals surface area (Å²) in [5.74, 6) is 0.762. The molecule has 40 heavy (non-hydrogen) atoms. The molecule has 2 fully saturated rings. The third-order valence-corrected chi connectivity index (χ3v) is 8.99. The lowest BCUT2D eigenvalue weighted by Gasteiger charge is -2.26. The van der Waals surface area contributed by atoms with Crippen LogP contribution in [0.3, 0.4) is 0 Å². The molecule has 1 saturated heterocycles. The van der Waals surface area contributed by atoms with Gasteiger partial charge in [0.15, 0.2) is 0 Å². The molecule has 1 amide bonds. The molecule has 5 heterocycles. The van der Waals surface area contributed by atoms with E-state index in [0.29, 0.717) is 48.8 Å². The molecule has 7 rings (SSSR count). The van der Waals surface area contributed by atoms with Gasteiger partial charge < -0.3 is 15.4 Å². The molecule has 1 aromatic carbocycles. The first kappa shape index (κ1) is 25.6. The maximum atomic E-state index is 13.1. The number of nitrogens with zero attached hydrogens (tertiary/aromatic N) is 4. The Morgan fingerprint density at radius 1 is 1.20 bits per heavy atom. The molecule has 10 heteroatoms. The zero-order valence-electron chi connectivity index (χ0n) is 22.7. The van der Waals surface area contributed by atoms with Gasteiger partial charge in [0.25, 0.3) is 12.3 Å². The monoisotopic (exact) mass is 548 g/mol. The Bertz CT molecular complexity index is 1460. The van der Waals surface area contributed by atoms with E-state index in [1.54, 1.807) is 11.9 Å². The number of amides is 1. The summed E-state index contributed by atoms with van der Waals surface area (Å²) >= 11 is 0. The van der Waals surface area contributed by atoms with Gasteiger partial charge in [-0.15, -0.1) is 0 Å². The number of rotatable bonds is 8. The third-order valence-electron chi connectivity index (χ3n) is 8.99. The molecule has 8 nitrogen and oxygen atoms in total. The highest BCUT2D eigenvalue weighted by molar-refractivity contribution is 6.06. The van der Waals surface area contributed by atoms with Crippen molar-refractivity contribution in [1.82, 2.24) is 25.0 Å². The van der Waals surface area contributed by atoms with Gasteiger partial charge in [-0.2, -0.15) is 5.10 Å². The zero-order valence-corrected chi connectivity index (χ0v) is 22.7. The van der Waals surface area contributed by atoms with Crippen LogP contribution in [0.15, 0.2) is 30.5 Å². The summed E-state index contributed by atoms with van der Waals surface area (Å²) in [5.41, 5.74) is 7.99. The fraction of sp³-hybridized carbons (Fsp3) is 0.500. The summed E-state index contributed by atoms with van der Waals surface area (Å²) in [4.78, 5) is 19.5. The molecule has 210 valence electrons. The van der Waals surface area contributed by atoms with Gasteiger partial charge in [-0.1, -0.05) is 12.1 Å². The Kier molecular flexibility index (Phi) is 6.35. The molecule has 0 bridgehead atoms. The Labute approximate surface area is 232 Å². The Morgan fingerprint density at radius 2 is 2.02 bits per heavy atom. The average molecular weight is 549 g/mol. The molecule has 1 saturated carbocycles. The van der Waals surface area contributed by atoms with Crippen molar-refractivity contribution in [3.8, 4) is 11.1 Å². The summed E-state index contributed by atoms with van der Waals surface area (Å²) in [7, 11) is 1.69. The minimum atomic E-state index is -2.41. The maximum absolute atomic E-state index is 13.1. The van der Waals surface area contributed by atoms with Crippen LogP contribution in [0.2, 0.25) is 0 Å². The van der Waals surface area contributed by atoms with Crippen LogP contribution in [0, 0.1) is 5.41 Å². The smallest absolute Gasteiger partial charge is 0.254 e. The second-order valence-electron chi connectivity index (χ2n) is 11.9. The summed E-state index contributed by atoms with van der Waals surface area (Å²) in [6.45, 7) is 2.83. The van der Waals surface area contributed by atoms with Crippen LogP contribution in [0.4, 0.5) is 20.3 Å². The number of nitrogens with one attached hydrogen (secondary N) is 2. The van der Waals surface area contributed by atoms with Crippen molar-refractivity contribution in [1.29, 1.82) is 0 Å². The van der Waals surface area contributed by atoms with E-state index in [1.807, 2.05) is 18.3 Å². The van der Waals surface area contributed by atoms with E-state index >= 15 is 0 Å². The number of carbonyl (C=O) groups is 1. The molecule has 3 aliphatic heterocycles. The highest BCUT2D eigenvalue weighted by Gasteiger charge is 2.49. The normalized spacial score (nSPS) is 19.4. The van der Waals surface area contributed by atoms with Crippen molar-refractivity contribution in [3.05, 3.63) is 58.5 Å². The molecule has 2 aromatic heterocycles. The Balaban J connectivity index is 1.20. The topological polar surface area (TPSA) is 84.3 Å². The van der Waals surface area contributed by atoms with Crippen LogP contribution in [0.1, 0.15) is 64.5 Å². The number of pyridine rings is 1. The molecule has 0 unspecified atom stereocenters. The predicted molar refractivity (Wildman–Crippen MR) is 147 cm³/mol. The van der Waals surface area contributed by atoms with Gasteiger partial charge in [0.05, 0.1) is 29.7 Å². The molecule has 1 spiro atoms. The maximum Gasteiger partial charge on any atom is 0.254 e. The first-order chi connectivity index (χ1) is 19.4. The summed E-state index contributed by atoms with van der Waals surface area (Å²) in [5, 5.41) is 11.1. The number of hydrogen-bond acceptors (Lipinski definition) is 6. The molecule has 2 N–H and O–H groups in total. The van der Waals surface area contributed by atoms with E-state index in [0.717, 1.165) is 53.8 Å². The van der Waals surface area contributed by atoms with Crippen molar-refractivity contribution in [3.63, 3.8) is 0 Å². The van der Waals surface area contributed by atoms with Gasteiger partial charge in [-0.05, 0) is 79.3 Å². The number of hydrogen-bond donors (Lipinski definition) is 2. The van der Waals surface area contributed by atoms with Crippen molar-refractivity contribution < 1.29 is 18.3 Å². The second kappa shape index (κ2) is 9.92. The lowest BCUT2D eigenvalue weighted by atomic mass is 9.90. The van der Waals surface area contributed by atoms with Gasteiger partial charge >= 0.3 is 0 Å². The van der Waals surface area contributed by atoms with Crippen LogP contribution in [-0.2, 0) is 30.8 Å². The van der Waals surface area contributed by atoms with Crippen LogP contribution < -0.4 is 10.6 Å². The molecular weight excluding hydrogens is 514 g/mol. The van der Waals surface area contributed by atoms with Crippen molar-refractivity contribution in [2.75, 3.05) is 32.1 Å². The van der Waals surface area contributed by atoms with Crippen LogP contribution >= 0.6 is 0 Å². The number of ether oxygens (including phenoxy) is 1. The first-order valence-electron chi connectivity index (χ1n) is 14.2. The van der Waals surface area contributed by atoms with E-state index in [2.05, 4.69) is 32.5 Å². The van der Waals surface area contributed by atoms with Crippen molar-refractivity contribution in [2.24, 2.45) is 5.41 Å². The fourth-order valence-electron chi connectivity index (χ4n) is 6.69. The summed E-state index contributed by atoms with van der Waals surface area (Å²) in [6, 6.07) is 8.00. The fourth-order valence-corrected chi connectivity index (χ4v) is 6.69. The number of anilines is 2. The summed E-state index contributed by atoms with van der Waals surface area (Å²) < 4.78 is 33.9. The number of benzene rings is 1. The SMILES string of the molecule is CN(Cc1nc(Nc2ccc(-c3cnn4c3CC3(CC3)C4)c3c2C(=O)NC3)ccc1C1CCOCC1)CC(F)F. The van der Waals surface area contributed by atoms with Crippen molar-refractivity contribution >= 4 is 17.4 Å². The van der Waals surface area contributed by atoms with Crippen LogP contribution in [-0.4, -0.2) is 58.8 Å². The van der Waals surface area contributed by atoms with Crippen molar-refractivity contribution in [2.45, 2.75) is 64.1 Å². The van der Waals surface area contributed by atoms with E-state index in [-0.39, 0.29) is 18.4 Å². The Hall–Kier alpha value is -3.37. The predicted octanol–water partition coefficient (Wildman–Crippen LogP) is 4.86. The summed E-state index contributed by atoms with van der Waals surface area (Å²) in [6.07, 6.45) is 4.86. The molecule has 0 radical (unpaired) electrons. The lowest BCUT2D eigenvalue weighted by molar-refractivity contribution is 0.0841. The molecule has 4 aliphatic rings. The van der Waals surface area contributed by atoms with Gasteiger partial charge in [-0.3, -0.25) is 14.4 Å². The van der Waals surface area contributed by atoms with Crippen LogP contribution in [0.5, 0.6) is 0 Å². The third kappa shape index (κ3) is 4.66. The lowest BCUT2D eigenvalue weighted by Crippen LogP contribution is -2.26. The van der Waals surface area contributed by atoms with Gasteiger partial charge in [0.2, 0.25) is 0 Å². The second-order valence-corrected chi connectivity index (χ2v) is 11.9. The first-order valence-corrected chi connectivity index (χ1v) is 14.2. The molecule has 1 aliphatic carbocycles. The number of aromatic nitrogens is 3. The zero-order chi connectivity index (χ0) is 27.4. The number of alkyl halides is 2. The van der Waals surface area contributed by atoms with E-state index in [1.165, 1.54) is 18.5 Å². The van der Waals surface area contributed by atoms with E-state index < -0.39 is 6.43 Å². The standard InChI is InChI=1S/C30H34F2N6O2/c1-37(16-26(31)32)15-24-19(18-6-10-40-11-7-18)3-5-27(36-24)35-23-4-2-20(22-13-33-29(39)28(22)23)21-14-34-38-17-30(8-9-30)12-25(21)38/h2-5,14,18,26H,6-13,15-17H2,1H3,(H,33,39)(H,35,36). The van der Waals surface area contributed by atoms with Gasteiger partial charge in [-0.25, -0.2) is 13.8 Å². The molecular formula is C30H34F2N6O2. The quantitative estimate of drug-likeness (QED) is 0.418. The number of carbonyl (C=O) groups excluding carboxylic acids is 1. The van der Waals surface area contributed by atoms with Gasteiger partial charge in [0, 0.05) is 44.1 Å². The number of fused-ring (bicyclic) bond motifs is 2.